The van der Waals surface area contributed by atoms with Gasteiger partial charge in [0.15, 0.2) is 11.5 Å². The van der Waals surface area contributed by atoms with E-state index < -0.39 is 0 Å². The number of aliphatic hydroxyl groups is 1. The molecular weight excluding hydrogens is 354 g/mol. The minimum absolute atomic E-state index is 0.324. The summed E-state index contributed by atoms with van der Waals surface area (Å²) >= 11 is 5.78. The number of ether oxygens (including phenoxy) is 2. The molecule has 0 aliphatic heterocycles. The Kier molecular flexibility index (Phi) is 8.64. The Morgan fingerprint density at radius 2 is 1.88 bits per heavy atom. The monoisotopic (exact) mass is 379 g/mol. The van der Waals surface area contributed by atoms with Crippen LogP contribution in [0.3, 0.4) is 0 Å². The number of pyridine rings is 1. The molecule has 0 aliphatic rings. The third-order valence-electron chi connectivity index (χ3n) is 3.66. The lowest BCUT2D eigenvalue weighted by molar-refractivity contribution is 0.191. The van der Waals surface area contributed by atoms with Gasteiger partial charge in [0.2, 0.25) is 0 Å². The number of nitrogens with zero attached hydrogens (tertiary/aromatic N) is 1. The van der Waals surface area contributed by atoms with Gasteiger partial charge in [0.05, 0.1) is 13.2 Å². The first-order valence-electron chi connectivity index (χ1n) is 8.58. The second-order valence-electron chi connectivity index (χ2n) is 5.99. The number of aliphatic hydroxyl groups excluding tert-OH is 1. The van der Waals surface area contributed by atoms with E-state index in [0.717, 1.165) is 30.8 Å². The van der Waals surface area contributed by atoms with Crippen LogP contribution in [0.5, 0.6) is 11.5 Å². The predicted molar refractivity (Wildman–Crippen MR) is 103 cm³/mol. The minimum Gasteiger partial charge on any atom is -0.493 e. The molecule has 6 nitrogen and oxygen atoms in total. The Balaban J connectivity index is 1.81. The van der Waals surface area contributed by atoms with Crippen molar-refractivity contribution in [2.45, 2.75) is 26.2 Å². The topological polar surface area (TPSA) is 75.6 Å². The molecule has 0 aliphatic carbocycles. The lowest BCUT2D eigenvalue weighted by Gasteiger charge is -2.13. The van der Waals surface area contributed by atoms with E-state index in [4.69, 9.17) is 21.1 Å². The average molecular weight is 380 g/mol. The highest BCUT2D eigenvalue weighted by atomic mass is 35.5. The van der Waals surface area contributed by atoms with Crippen molar-refractivity contribution in [3.05, 3.63) is 52.8 Å². The first-order valence-corrected chi connectivity index (χ1v) is 8.96. The molecule has 26 heavy (non-hydrogen) atoms. The number of hydrogen-bond donors (Lipinski definition) is 3. The van der Waals surface area contributed by atoms with Gasteiger partial charge in [-0.1, -0.05) is 23.7 Å². The molecule has 2 rings (SSSR count). The van der Waals surface area contributed by atoms with Crippen molar-refractivity contribution in [2.24, 2.45) is 0 Å². The molecule has 0 spiro atoms. The summed E-state index contributed by atoms with van der Waals surface area (Å²) in [5.41, 5.74) is 2.05. The summed E-state index contributed by atoms with van der Waals surface area (Å²) in [5.74, 6) is 1.38. The number of benzene rings is 1. The number of aromatic nitrogens is 1. The van der Waals surface area contributed by atoms with Gasteiger partial charge in [-0.3, -0.25) is 0 Å². The minimum atomic E-state index is -0.324. The maximum absolute atomic E-state index is 9.18. The van der Waals surface area contributed by atoms with Crippen LogP contribution < -0.4 is 20.1 Å². The highest BCUT2D eigenvalue weighted by Gasteiger charge is 2.07. The van der Waals surface area contributed by atoms with Crippen LogP contribution in [0.4, 0.5) is 0 Å². The van der Waals surface area contributed by atoms with E-state index in [0.29, 0.717) is 29.8 Å². The van der Waals surface area contributed by atoms with Crippen LogP contribution in [0.25, 0.3) is 0 Å². The summed E-state index contributed by atoms with van der Waals surface area (Å²) < 4.78 is 11.3. The second-order valence-corrected chi connectivity index (χ2v) is 6.38. The van der Waals surface area contributed by atoms with Crippen molar-refractivity contribution in [2.75, 3.05) is 26.7 Å². The van der Waals surface area contributed by atoms with E-state index in [1.165, 1.54) is 0 Å². The molecule has 1 aromatic carbocycles. The van der Waals surface area contributed by atoms with Crippen molar-refractivity contribution in [1.82, 2.24) is 15.6 Å². The number of rotatable bonds is 11. The molecule has 2 aromatic rings. The standard InChI is InChI=1S/C19H26ClN3O3/c1-14(24)10-21-7-8-22-11-15-3-5-17(18(9-15)25-2)26-13-16-4-6-19(20)23-12-16/h3-6,9,12,14,21-22,24H,7-8,10-11,13H2,1-2H3/t14-/m1/s1. The highest BCUT2D eigenvalue weighted by molar-refractivity contribution is 6.29. The summed E-state index contributed by atoms with van der Waals surface area (Å²) in [6.45, 7) is 5.11. The molecule has 1 atom stereocenters. The van der Waals surface area contributed by atoms with Crippen LogP contribution in [0.2, 0.25) is 5.15 Å². The molecule has 142 valence electrons. The van der Waals surface area contributed by atoms with Gasteiger partial charge in [-0.25, -0.2) is 4.98 Å². The van der Waals surface area contributed by atoms with E-state index in [9.17, 15) is 5.11 Å². The van der Waals surface area contributed by atoms with Gasteiger partial charge in [0, 0.05) is 37.9 Å². The molecule has 1 aromatic heterocycles. The molecular formula is C19H26ClN3O3. The molecule has 0 unspecified atom stereocenters. The van der Waals surface area contributed by atoms with Gasteiger partial charge in [-0.15, -0.1) is 0 Å². The van der Waals surface area contributed by atoms with Crippen molar-refractivity contribution < 1.29 is 14.6 Å². The van der Waals surface area contributed by atoms with Crippen LogP contribution >= 0.6 is 11.6 Å². The molecule has 3 N–H and O–H groups in total. The number of methoxy groups -OCH3 is 1. The van der Waals surface area contributed by atoms with Crippen LogP contribution in [0.1, 0.15) is 18.1 Å². The maximum Gasteiger partial charge on any atom is 0.161 e. The molecule has 7 heteroatoms. The SMILES string of the molecule is COc1cc(CNCCNC[C@@H](C)O)ccc1OCc1ccc(Cl)nc1. The Hall–Kier alpha value is -1.86. The molecule has 0 bridgehead atoms. The summed E-state index contributed by atoms with van der Waals surface area (Å²) in [5, 5.41) is 16.2. The van der Waals surface area contributed by atoms with Gasteiger partial charge in [0.25, 0.3) is 0 Å². The third kappa shape index (κ3) is 7.17. The first kappa shape index (κ1) is 20.5. The molecule has 0 fully saturated rings. The summed E-state index contributed by atoms with van der Waals surface area (Å²) in [6.07, 6.45) is 1.37. The van der Waals surface area contributed by atoms with Gasteiger partial charge < -0.3 is 25.2 Å². The molecule has 1 heterocycles. The van der Waals surface area contributed by atoms with Crippen molar-refractivity contribution in [3.63, 3.8) is 0 Å². The van der Waals surface area contributed by atoms with E-state index in [1.54, 1.807) is 26.3 Å². The van der Waals surface area contributed by atoms with Gasteiger partial charge >= 0.3 is 0 Å². The predicted octanol–water partition coefficient (Wildman–Crippen LogP) is 2.38. The normalized spacial score (nSPS) is 12.0. The van der Waals surface area contributed by atoms with Crippen LogP contribution in [0, 0.1) is 0 Å². The average Bonchev–Trinajstić information content (AvgIpc) is 2.64. The Bertz CT molecular complexity index is 666. The zero-order valence-corrected chi connectivity index (χ0v) is 15.9. The number of nitrogens with one attached hydrogen (secondary N) is 2. The second kappa shape index (κ2) is 11.0. The zero-order chi connectivity index (χ0) is 18.8. The zero-order valence-electron chi connectivity index (χ0n) is 15.2. The molecule has 0 saturated heterocycles. The summed E-state index contributed by atoms with van der Waals surface area (Å²) in [7, 11) is 1.63. The van der Waals surface area contributed by atoms with Gasteiger partial charge in [-0.2, -0.15) is 0 Å². The van der Waals surface area contributed by atoms with E-state index >= 15 is 0 Å². The number of hydrogen-bond acceptors (Lipinski definition) is 6. The maximum atomic E-state index is 9.18. The summed E-state index contributed by atoms with van der Waals surface area (Å²) in [6, 6.07) is 9.50. The fraction of sp³-hybridized carbons (Fsp3) is 0.421. The van der Waals surface area contributed by atoms with Crippen LogP contribution in [0.15, 0.2) is 36.5 Å². The molecule has 0 saturated carbocycles. The van der Waals surface area contributed by atoms with Crippen LogP contribution in [-0.4, -0.2) is 42.9 Å². The van der Waals surface area contributed by atoms with Crippen LogP contribution in [-0.2, 0) is 13.2 Å². The van der Waals surface area contributed by atoms with Crippen molar-refractivity contribution in [3.8, 4) is 11.5 Å². The first-order chi connectivity index (χ1) is 12.6. The summed E-state index contributed by atoms with van der Waals surface area (Å²) in [4.78, 5) is 4.04. The quantitative estimate of drug-likeness (QED) is 0.411. The fourth-order valence-electron chi connectivity index (χ4n) is 2.31. The largest absolute Gasteiger partial charge is 0.493 e. The lowest BCUT2D eigenvalue weighted by atomic mass is 10.2. The third-order valence-corrected chi connectivity index (χ3v) is 3.88. The number of halogens is 1. The molecule has 0 amide bonds. The fourth-order valence-corrected chi connectivity index (χ4v) is 2.43. The van der Waals surface area contributed by atoms with E-state index in [2.05, 4.69) is 15.6 Å². The van der Waals surface area contributed by atoms with Crippen molar-refractivity contribution >= 4 is 11.6 Å². The van der Waals surface area contributed by atoms with Gasteiger partial charge in [-0.05, 0) is 30.7 Å². The Morgan fingerprint density at radius 1 is 1.12 bits per heavy atom. The van der Waals surface area contributed by atoms with E-state index in [1.807, 2.05) is 24.3 Å². The van der Waals surface area contributed by atoms with Gasteiger partial charge in [0.1, 0.15) is 11.8 Å². The lowest BCUT2D eigenvalue weighted by Crippen LogP contribution is -2.31. The Morgan fingerprint density at radius 3 is 2.58 bits per heavy atom. The Labute approximate surface area is 159 Å². The molecule has 0 radical (unpaired) electrons. The highest BCUT2D eigenvalue weighted by Crippen LogP contribution is 2.28. The van der Waals surface area contributed by atoms with Crippen molar-refractivity contribution in [1.29, 1.82) is 0 Å². The van der Waals surface area contributed by atoms with E-state index in [-0.39, 0.29) is 6.10 Å². The smallest absolute Gasteiger partial charge is 0.161 e.